The Morgan fingerprint density at radius 2 is 2.03 bits per heavy atom. The van der Waals surface area contributed by atoms with Crippen LogP contribution in [0, 0.1) is 0 Å². The molecule has 1 aliphatic heterocycles. The number of nitrogens with one attached hydrogen (secondary N) is 2. The summed E-state index contributed by atoms with van der Waals surface area (Å²) in [6, 6.07) is 3.81. The van der Waals surface area contributed by atoms with Gasteiger partial charge in [0, 0.05) is 28.9 Å². The fourth-order valence-corrected chi connectivity index (χ4v) is 4.88. The summed E-state index contributed by atoms with van der Waals surface area (Å²) < 4.78 is 13.8. The van der Waals surface area contributed by atoms with E-state index < -0.39 is 0 Å². The van der Waals surface area contributed by atoms with Crippen molar-refractivity contribution in [3.05, 3.63) is 22.9 Å². The summed E-state index contributed by atoms with van der Waals surface area (Å²) in [6.45, 7) is 2.38. The quantitative estimate of drug-likeness (QED) is 0.163. The summed E-state index contributed by atoms with van der Waals surface area (Å²) >= 11 is 5.08. The minimum absolute atomic E-state index is 0.209. The molecule has 176 valence electrons. The molecule has 0 atom stereocenters. The Morgan fingerprint density at radius 1 is 1.21 bits per heavy atom. The van der Waals surface area contributed by atoms with Gasteiger partial charge in [0.15, 0.2) is 33.6 Å². The lowest BCUT2D eigenvalue weighted by Gasteiger charge is -2.11. The molecule has 0 aliphatic carbocycles. The van der Waals surface area contributed by atoms with E-state index in [1.54, 1.807) is 5.48 Å². The predicted octanol–water partition coefficient (Wildman–Crippen LogP) is 2.71. The number of halogens is 1. The van der Waals surface area contributed by atoms with Crippen LogP contribution in [-0.4, -0.2) is 50.5 Å². The van der Waals surface area contributed by atoms with E-state index in [9.17, 15) is 4.79 Å². The first-order valence-electron chi connectivity index (χ1n) is 10.4. The highest BCUT2D eigenvalue weighted by molar-refractivity contribution is 9.10. The molecule has 0 bridgehead atoms. The zero-order chi connectivity index (χ0) is 23.2. The first-order valence-corrected chi connectivity index (χ1v) is 12.0. The number of hydrogen-bond acceptors (Lipinski definition) is 10. The van der Waals surface area contributed by atoms with Crippen molar-refractivity contribution in [2.24, 2.45) is 0 Å². The number of benzene rings is 1. The smallest absolute Gasteiger partial charge is 0.243 e. The number of carbonyl (C=O) groups is 1. The summed E-state index contributed by atoms with van der Waals surface area (Å²) in [5.74, 6) is 1.39. The van der Waals surface area contributed by atoms with Crippen LogP contribution >= 0.6 is 27.7 Å². The number of nitrogen functional groups attached to an aromatic ring is 1. The van der Waals surface area contributed by atoms with Gasteiger partial charge in [-0.2, -0.15) is 0 Å². The van der Waals surface area contributed by atoms with Crippen molar-refractivity contribution in [3.8, 4) is 11.5 Å². The fraction of sp³-hybridized carbons (Fsp3) is 0.400. The van der Waals surface area contributed by atoms with E-state index in [0.717, 1.165) is 40.3 Å². The van der Waals surface area contributed by atoms with Crippen LogP contribution in [-0.2, 0) is 11.3 Å². The predicted molar refractivity (Wildman–Crippen MR) is 125 cm³/mol. The van der Waals surface area contributed by atoms with Gasteiger partial charge in [0.05, 0.1) is 0 Å². The number of hydrogen-bond donors (Lipinski definition) is 4. The molecule has 3 aromatic rings. The number of aromatic nitrogens is 4. The van der Waals surface area contributed by atoms with Crippen LogP contribution in [0.1, 0.15) is 25.7 Å². The second kappa shape index (κ2) is 11.0. The van der Waals surface area contributed by atoms with Gasteiger partial charge in [-0.3, -0.25) is 10.0 Å². The molecular weight excluding hydrogens is 514 g/mol. The van der Waals surface area contributed by atoms with Gasteiger partial charge < -0.3 is 25.1 Å². The van der Waals surface area contributed by atoms with Crippen molar-refractivity contribution in [1.29, 1.82) is 0 Å². The number of unbranched alkanes of at least 4 members (excludes halogenated alkanes) is 2. The lowest BCUT2D eigenvalue weighted by molar-refractivity contribution is -0.129. The molecule has 0 spiro atoms. The van der Waals surface area contributed by atoms with E-state index in [4.69, 9.17) is 25.4 Å². The Bertz CT molecular complexity index is 1140. The zero-order valence-electron chi connectivity index (χ0n) is 17.7. The molecule has 4 rings (SSSR count). The van der Waals surface area contributed by atoms with Gasteiger partial charge >= 0.3 is 0 Å². The first kappa shape index (κ1) is 23.5. The molecule has 33 heavy (non-hydrogen) atoms. The molecular formula is C20H24BrN7O4S. The molecule has 0 saturated heterocycles. The van der Waals surface area contributed by atoms with Crippen molar-refractivity contribution >= 4 is 50.6 Å². The molecule has 1 aromatic carbocycles. The Morgan fingerprint density at radius 3 is 2.85 bits per heavy atom. The second-order valence-corrected chi connectivity index (χ2v) is 9.17. The summed E-state index contributed by atoms with van der Waals surface area (Å²) in [5.41, 5.74) is 8.94. The average Bonchev–Trinajstić information content (AvgIpc) is 3.40. The second-order valence-electron chi connectivity index (χ2n) is 7.31. The number of imidazole rings is 1. The van der Waals surface area contributed by atoms with Crippen molar-refractivity contribution in [3.63, 3.8) is 0 Å². The van der Waals surface area contributed by atoms with Gasteiger partial charge in [-0.15, -0.1) is 0 Å². The third kappa shape index (κ3) is 5.66. The number of amides is 1. The van der Waals surface area contributed by atoms with E-state index in [0.29, 0.717) is 48.0 Å². The lowest BCUT2D eigenvalue weighted by atomic mass is 10.2. The number of nitrogens with two attached hydrogens (primary N) is 1. The van der Waals surface area contributed by atoms with E-state index >= 15 is 0 Å². The van der Waals surface area contributed by atoms with E-state index in [1.807, 2.05) is 16.7 Å². The molecule has 5 N–H and O–H groups in total. The van der Waals surface area contributed by atoms with Crippen LogP contribution in [0.15, 0.2) is 33.0 Å². The topological polar surface area (TPSA) is 149 Å². The van der Waals surface area contributed by atoms with Gasteiger partial charge in [0.2, 0.25) is 12.7 Å². The van der Waals surface area contributed by atoms with Crippen molar-refractivity contribution < 1.29 is 19.5 Å². The summed E-state index contributed by atoms with van der Waals surface area (Å²) in [7, 11) is 0. The fourth-order valence-electron chi connectivity index (χ4n) is 3.37. The number of anilines is 1. The number of hydroxylamine groups is 1. The zero-order valence-corrected chi connectivity index (χ0v) is 20.1. The van der Waals surface area contributed by atoms with Gasteiger partial charge in [0.1, 0.15) is 6.33 Å². The number of nitrogens with zero attached hydrogens (tertiary/aromatic N) is 4. The van der Waals surface area contributed by atoms with Gasteiger partial charge in [-0.05, 0) is 47.4 Å². The Labute approximate surface area is 202 Å². The maximum atomic E-state index is 11.0. The highest BCUT2D eigenvalue weighted by atomic mass is 79.9. The Kier molecular flexibility index (Phi) is 7.85. The first-order chi connectivity index (χ1) is 16.1. The highest BCUT2D eigenvalue weighted by Gasteiger charge is 2.20. The van der Waals surface area contributed by atoms with Gasteiger partial charge in [-0.25, -0.2) is 20.4 Å². The van der Waals surface area contributed by atoms with Gasteiger partial charge in [-0.1, -0.05) is 18.2 Å². The van der Waals surface area contributed by atoms with Crippen LogP contribution < -0.4 is 26.0 Å². The monoisotopic (exact) mass is 537 g/mol. The number of carbonyl (C=O) groups excluding carboxylic acids is 1. The van der Waals surface area contributed by atoms with E-state index in [1.165, 1.54) is 18.1 Å². The Hall–Kier alpha value is -2.61. The standard InChI is InChI=1S/C20H24BrN7O4S/c21-12-8-13-14(32-11-31-13)9-15(12)33-20-26-17-18(22)24-10-25-19(17)28(20)7-6-23-5-3-1-2-4-16(29)27-30/h8-10,23,30H,1-7,11H2,(H,27,29)(H2,22,24,25). The average molecular weight is 538 g/mol. The number of rotatable bonds is 11. The number of fused-ring (bicyclic) bond motifs is 2. The highest BCUT2D eigenvalue weighted by Crippen LogP contribution is 2.43. The van der Waals surface area contributed by atoms with Crippen molar-refractivity contribution in [2.75, 3.05) is 25.6 Å². The normalized spacial score (nSPS) is 12.4. The van der Waals surface area contributed by atoms with E-state index in [2.05, 4.69) is 31.2 Å². The molecule has 13 heteroatoms. The molecule has 0 saturated carbocycles. The minimum atomic E-state index is -0.352. The summed E-state index contributed by atoms with van der Waals surface area (Å²) in [6.07, 6.45) is 4.34. The summed E-state index contributed by atoms with van der Waals surface area (Å²) in [5, 5.41) is 12.7. The van der Waals surface area contributed by atoms with E-state index in [-0.39, 0.29) is 12.7 Å². The maximum Gasteiger partial charge on any atom is 0.243 e. The van der Waals surface area contributed by atoms with Crippen LogP contribution in [0.4, 0.5) is 5.82 Å². The lowest BCUT2D eigenvalue weighted by Crippen LogP contribution is -2.22. The Balaban J connectivity index is 1.41. The van der Waals surface area contributed by atoms with Crippen LogP contribution in [0.3, 0.4) is 0 Å². The molecule has 2 aromatic heterocycles. The van der Waals surface area contributed by atoms with Crippen LogP contribution in [0.5, 0.6) is 11.5 Å². The maximum absolute atomic E-state index is 11.0. The van der Waals surface area contributed by atoms with Crippen molar-refractivity contribution in [1.82, 2.24) is 30.3 Å². The van der Waals surface area contributed by atoms with Crippen LogP contribution in [0.25, 0.3) is 11.2 Å². The molecule has 0 fully saturated rings. The number of ether oxygens (including phenoxy) is 2. The molecule has 0 radical (unpaired) electrons. The third-order valence-corrected chi connectivity index (χ3v) is 7.02. The largest absolute Gasteiger partial charge is 0.454 e. The molecule has 1 amide bonds. The summed E-state index contributed by atoms with van der Waals surface area (Å²) in [4.78, 5) is 25.1. The molecule has 11 nitrogen and oxygen atoms in total. The molecule has 3 heterocycles. The van der Waals surface area contributed by atoms with Crippen molar-refractivity contribution in [2.45, 2.75) is 42.3 Å². The third-order valence-electron chi connectivity index (χ3n) is 5.05. The SMILES string of the molecule is Nc1ncnc2c1nc(Sc1cc3c(cc1Br)OCO3)n2CCNCCCCCC(=O)NO. The molecule has 0 unspecified atom stereocenters. The molecule has 1 aliphatic rings. The minimum Gasteiger partial charge on any atom is -0.454 e. The van der Waals surface area contributed by atoms with Crippen LogP contribution in [0.2, 0.25) is 0 Å². The van der Waals surface area contributed by atoms with Gasteiger partial charge in [0.25, 0.3) is 0 Å².